The van der Waals surface area contributed by atoms with Crippen molar-refractivity contribution in [1.82, 2.24) is 14.3 Å². The SMILES string of the molecule is CC(CO)(N=Cc1cnc2snc(Nc3cccc(-c4ccc5c(c4)OCCO5)c3Cl)c2n1)C(=O)O. The number of benzene rings is 2. The number of rotatable bonds is 7. The normalized spacial score (nSPS) is 14.6. The van der Waals surface area contributed by atoms with Crippen LogP contribution in [0.4, 0.5) is 11.5 Å². The second-order valence-corrected chi connectivity index (χ2v) is 9.26. The van der Waals surface area contributed by atoms with Crippen LogP contribution in [-0.2, 0) is 4.79 Å². The lowest BCUT2D eigenvalue weighted by molar-refractivity contribution is -0.143. The zero-order chi connectivity index (χ0) is 25.3. The average molecular weight is 526 g/mol. The van der Waals surface area contributed by atoms with Gasteiger partial charge < -0.3 is 25.0 Å². The van der Waals surface area contributed by atoms with Gasteiger partial charge in [-0.3, -0.25) is 4.99 Å². The summed E-state index contributed by atoms with van der Waals surface area (Å²) in [7, 11) is 0. The van der Waals surface area contributed by atoms with Crippen LogP contribution < -0.4 is 14.8 Å². The minimum atomic E-state index is -1.67. The summed E-state index contributed by atoms with van der Waals surface area (Å²) in [6.45, 7) is 1.67. The third kappa shape index (κ3) is 4.55. The molecular weight excluding hydrogens is 506 g/mol. The van der Waals surface area contributed by atoms with Crippen molar-refractivity contribution in [3.63, 3.8) is 0 Å². The lowest BCUT2D eigenvalue weighted by atomic mass is 10.0. The standard InChI is InChI=1S/C24H20ClN5O5S/c1-24(12-31,23(32)33)27-11-14-10-26-22-20(28-14)21(30-36-22)29-16-4-2-3-15(19(16)25)13-5-6-17-18(9-13)35-8-7-34-17/h2-6,9-11,31H,7-8,12H2,1H3,(H,29,30)(H,32,33). The molecule has 0 bridgehead atoms. The van der Waals surface area contributed by atoms with Crippen LogP contribution in [0.15, 0.2) is 47.6 Å². The fourth-order valence-corrected chi connectivity index (χ4v) is 4.37. The van der Waals surface area contributed by atoms with Crippen molar-refractivity contribution >= 4 is 57.2 Å². The topological polar surface area (TPSA) is 139 Å². The minimum Gasteiger partial charge on any atom is -0.486 e. The highest BCUT2D eigenvalue weighted by Crippen LogP contribution is 2.40. The van der Waals surface area contributed by atoms with Crippen LogP contribution in [0.25, 0.3) is 21.5 Å². The van der Waals surface area contributed by atoms with Crippen LogP contribution in [0.5, 0.6) is 11.5 Å². The van der Waals surface area contributed by atoms with Crippen molar-refractivity contribution < 1.29 is 24.5 Å². The predicted octanol–water partition coefficient (Wildman–Crippen LogP) is 4.18. The van der Waals surface area contributed by atoms with Crippen molar-refractivity contribution in [3.05, 3.63) is 53.3 Å². The number of aliphatic hydroxyl groups excluding tert-OH is 1. The van der Waals surface area contributed by atoms with Gasteiger partial charge in [0.2, 0.25) is 0 Å². The molecule has 10 nitrogen and oxygen atoms in total. The first kappa shape index (κ1) is 23.9. The van der Waals surface area contributed by atoms with Crippen molar-refractivity contribution in [2.75, 3.05) is 25.1 Å². The van der Waals surface area contributed by atoms with Gasteiger partial charge in [0.1, 0.15) is 24.4 Å². The summed E-state index contributed by atoms with van der Waals surface area (Å²) < 4.78 is 15.7. The number of ether oxygens (including phenoxy) is 2. The number of hydrogen-bond donors (Lipinski definition) is 3. The number of nitrogens with one attached hydrogen (secondary N) is 1. The lowest BCUT2D eigenvalue weighted by Gasteiger charge is -2.19. The Morgan fingerprint density at radius 3 is 2.86 bits per heavy atom. The van der Waals surface area contributed by atoms with Crippen molar-refractivity contribution in [2.45, 2.75) is 12.5 Å². The largest absolute Gasteiger partial charge is 0.486 e. The molecule has 0 fully saturated rings. The van der Waals surface area contributed by atoms with Gasteiger partial charge in [-0.15, -0.1) is 0 Å². The second kappa shape index (κ2) is 9.69. The minimum absolute atomic E-state index is 0.322. The molecule has 12 heteroatoms. The number of fused-ring (bicyclic) bond motifs is 2. The molecule has 2 aromatic carbocycles. The number of carbonyl (C=O) groups is 1. The number of aromatic nitrogens is 3. The molecule has 1 aliphatic heterocycles. The van der Waals surface area contributed by atoms with Crippen molar-refractivity contribution in [3.8, 4) is 22.6 Å². The van der Waals surface area contributed by atoms with E-state index in [2.05, 4.69) is 24.7 Å². The van der Waals surface area contributed by atoms with Crippen LogP contribution in [0.1, 0.15) is 12.6 Å². The molecule has 5 rings (SSSR count). The molecule has 184 valence electrons. The first-order chi connectivity index (χ1) is 17.4. The van der Waals surface area contributed by atoms with E-state index in [1.165, 1.54) is 19.3 Å². The Kier molecular flexibility index (Phi) is 6.44. The molecular formula is C24H20ClN5O5S. The molecule has 3 heterocycles. The summed E-state index contributed by atoms with van der Waals surface area (Å²) >= 11 is 7.93. The van der Waals surface area contributed by atoms with Gasteiger partial charge in [-0.05, 0) is 42.2 Å². The molecule has 1 aliphatic rings. The Balaban J connectivity index is 1.45. The first-order valence-electron chi connectivity index (χ1n) is 10.9. The third-order valence-corrected chi connectivity index (χ3v) is 6.71. The molecule has 0 radical (unpaired) electrons. The van der Waals surface area contributed by atoms with Gasteiger partial charge in [-0.1, -0.05) is 29.8 Å². The number of aliphatic imine (C=N–C) groups is 1. The molecule has 4 aromatic rings. The molecule has 1 atom stereocenters. The Morgan fingerprint density at radius 1 is 1.28 bits per heavy atom. The van der Waals surface area contributed by atoms with Gasteiger partial charge in [0.15, 0.2) is 27.7 Å². The van der Waals surface area contributed by atoms with E-state index in [0.717, 1.165) is 22.7 Å². The summed E-state index contributed by atoms with van der Waals surface area (Å²) in [6, 6.07) is 11.3. The fourth-order valence-electron chi connectivity index (χ4n) is 3.45. The Bertz CT molecular complexity index is 1490. The van der Waals surface area contributed by atoms with Crippen LogP contribution in [-0.4, -0.2) is 62.1 Å². The van der Waals surface area contributed by atoms with E-state index in [-0.39, 0.29) is 0 Å². The highest BCUT2D eigenvalue weighted by Gasteiger charge is 2.31. The Labute approximate surface area is 214 Å². The monoisotopic (exact) mass is 525 g/mol. The summed E-state index contributed by atoms with van der Waals surface area (Å²) in [6.07, 6.45) is 2.73. The number of aliphatic carboxylic acids is 1. The number of anilines is 2. The average Bonchev–Trinajstić information content (AvgIpc) is 3.30. The zero-order valence-corrected chi connectivity index (χ0v) is 20.5. The van der Waals surface area contributed by atoms with E-state index in [0.29, 0.717) is 57.3 Å². The number of carboxylic acid groups (broad SMARTS) is 1. The van der Waals surface area contributed by atoms with Gasteiger partial charge >= 0.3 is 5.97 Å². The van der Waals surface area contributed by atoms with E-state index in [9.17, 15) is 15.0 Å². The quantitative estimate of drug-likeness (QED) is 0.303. The molecule has 1 unspecified atom stereocenters. The van der Waals surface area contributed by atoms with Gasteiger partial charge in [0.25, 0.3) is 0 Å². The lowest BCUT2D eigenvalue weighted by Crippen LogP contribution is -2.37. The van der Waals surface area contributed by atoms with E-state index < -0.39 is 18.1 Å². The molecule has 3 N–H and O–H groups in total. The summed E-state index contributed by atoms with van der Waals surface area (Å²) in [4.78, 5) is 24.8. The molecule has 0 saturated heterocycles. The smallest absolute Gasteiger partial charge is 0.333 e. The number of nitrogens with zero attached hydrogens (tertiary/aromatic N) is 4. The van der Waals surface area contributed by atoms with Gasteiger partial charge in [-0.2, -0.15) is 4.37 Å². The molecule has 0 amide bonds. The van der Waals surface area contributed by atoms with Gasteiger partial charge in [-0.25, -0.2) is 14.8 Å². The highest BCUT2D eigenvalue weighted by atomic mass is 35.5. The number of halogens is 1. The fraction of sp³-hybridized carbons (Fsp3) is 0.208. The van der Waals surface area contributed by atoms with Crippen LogP contribution in [0, 0.1) is 0 Å². The molecule has 0 spiro atoms. The van der Waals surface area contributed by atoms with E-state index in [4.69, 9.17) is 21.1 Å². The molecule has 2 aromatic heterocycles. The van der Waals surface area contributed by atoms with Crippen molar-refractivity contribution in [2.24, 2.45) is 4.99 Å². The molecule has 0 saturated carbocycles. The van der Waals surface area contributed by atoms with Gasteiger partial charge in [0.05, 0.1) is 29.7 Å². The molecule has 0 aliphatic carbocycles. The number of hydrogen-bond acceptors (Lipinski definition) is 10. The van der Waals surface area contributed by atoms with E-state index in [1.807, 2.05) is 36.4 Å². The maximum absolute atomic E-state index is 11.4. The third-order valence-electron chi connectivity index (χ3n) is 5.56. The predicted molar refractivity (Wildman–Crippen MR) is 137 cm³/mol. The highest BCUT2D eigenvalue weighted by molar-refractivity contribution is 7.13. The van der Waals surface area contributed by atoms with Gasteiger partial charge in [0, 0.05) is 5.56 Å². The zero-order valence-electron chi connectivity index (χ0n) is 18.9. The maximum Gasteiger partial charge on any atom is 0.333 e. The number of carboxylic acids is 1. The van der Waals surface area contributed by atoms with Crippen molar-refractivity contribution in [1.29, 1.82) is 0 Å². The second-order valence-electron chi connectivity index (χ2n) is 8.13. The van der Waals surface area contributed by atoms with E-state index >= 15 is 0 Å². The Morgan fingerprint density at radius 2 is 2.08 bits per heavy atom. The Hall–Kier alpha value is -3.80. The van der Waals surface area contributed by atoms with Crippen LogP contribution in [0.3, 0.4) is 0 Å². The van der Waals surface area contributed by atoms with Crippen LogP contribution in [0.2, 0.25) is 5.02 Å². The first-order valence-corrected chi connectivity index (χ1v) is 12.0. The molecule has 36 heavy (non-hydrogen) atoms. The number of aliphatic hydroxyl groups is 1. The summed E-state index contributed by atoms with van der Waals surface area (Å²) in [5, 5.41) is 22.4. The summed E-state index contributed by atoms with van der Waals surface area (Å²) in [5.74, 6) is 0.567. The maximum atomic E-state index is 11.4. The van der Waals surface area contributed by atoms with E-state index in [1.54, 1.807) is 0 Å². The van der Waals surface area contributed by atoms with Crippen LogP contribution >= 0.6 is 23.1 Å². The summed E-state index contributed by atoms with van der Waals surface area (Å²) in [5.41, 5.74) is 1.42.